The minimum Gasteiger partial charge on any atom is -0.171 e. The van der Waals surface area contributed by atoms with Gasteiger partial charge in [-0.2, -0.15) is 25.3 Å². The number of nitrogens with zero attached hydrogens (tertiary/aromatic N) is 4. The van der Waals surface area contributed by atoms with Gasteiger partial charge in [-0.15, -0.1) is 20.4 Å². The van der Waals surface area contributed by atoms with E-state index < -0.39 is 0 Å². The van der Waals surface area contributed by atoms with Gasteiger partial charge >= 0.3 is 0 Å². The lowest BCUT2D eigenvalue weighted by molar-refractivity contribution is 0.758. The third kappa shape index (κ3) is 1.81. The van der Waals surface area contributed by atoms with E-state index in [4.69, 9.17) is 0 Å². The van der Waals surface area contributed by atoms with Crippen LogP contribution in [0.1, 0.15) is 11.6 Å². The summed E-state index contributed by atoms with van der Waals surface area (Å²) in [6.07, 6.45) is 0. The molecule has 1 rings (SSSR count). The summed E-state index contributed by atoms with van der Waals surface area (Å²) < 4.78 is 0. The largest absolute Gasteiger partial charge is 0.183 e. The van der Waals surface area contributed by atoms with Crippen LogP contribution in [0.5, 0.6) is 0 Å². The molecule has 0 saturated carbocycles. The summed E-state index contributed by atoms with van der Waals surface area (Å²) in [6.45, 7) is 0. The first-order chi connectivity index (χ1) is 4.86. The van der Waals surface area contributed by atoms with Crippen LogP contribution in [0.3, 0.4) is 0 Å². The molecule has 1 aromatic rings. The van der Waals surface area contributed by atoms with E-state index in [2.05, 4.69) is 45.7 Å². The van der Waals surface area contributed by atoms with Crippen molar-refractivity contribution in [1.29, 1.82) is 0 Å². The van der Waals surface area contributed by atoms with E-state index in [0.717, 1.165) is 0 Å². The van der Waals surface area contributed by atoms with E-state index >= 15 is 0 Å². The van der Waals surface area contributed by atoms with Crippen LogP contribution in [0.15, 0.2) is 0 Å². The number of hydrogen-bond donors (Lipinski definition) is 2. The standard InChI is InChI=1S/C4H6N4S2/c9-1-3-5-7-4(2-10)8-6-3/h9-10H,1-2H2. The van der Waals surface area contributed by atoms with Crippen LogP contribution in [0.25, 0.3) is 0 Å². The fourth-order valence-corrected chi connectivity index (χ4v) is 0.650. The van der Waals surface area contributed by atoms with Gasteiger partial charge in [-0.25, -0.2) is 0 Å². The predicted octanol–water partition coefficient (Wildman–Crippen LogP) is 0.126. The number of hydrogen-bond acceptors (Lipinski definition) is 6. The Labute approximate surface area is 69.3 Å². The van der Waals surface area contributed by atoms with Crippen molar-refractivity contribution < 1.29 is 0 Å². The molecule has 6 heteroatoms. The summed E-state index contributed by atoms with van der Waals surface area (Å²) in [5, 5.41) is 14.9. The molecule has 4 nitrogen and oxygen atoms in total. The van der Waals surface area contributed by atoms with E-state index in [-0.39, 0.29) is 0 Å². The maximum absolute atomic E-state index is 3.95. The fourth-order valence-electron chi connectivity index (χ4n) is 0.397. The summed E-state index contributed by atoms with van der Waals surface area (Å²) in [4.78, 5) is 0. The van der Waals surface area contributed by atoms with Gasteiger partial charge in [-0.05, 0) is 0 Å². The van der Waals surface area contributed by atoms with Crippen molar-refractivity contribution in [2.45, 2.75) is 11.5 Å². The third-order valence-corrected chi connectivity index (χ3v) is 1.41. The van der Waals surface area contributed by atoms with Crippen molar-refractivity contribution in [1.82, 2.24) is 20.4 Å². The van der Waals surface area contributed by atoms with E-state index in [1.54, 1.807) is 0 Å². The Morgan fingerprint density at radius 3 is 1.30 bits per heavy atom. The van der Waals surface area contributed by atoms with E-state index in [0.29, 0.717) is 23.2 Å². The molecular formula is C4H6N4S2. The molecule has 0 bridgehead atoms. The molecule has 0 aliphatic rings. The highest BCUT2D eigenvalue weighted by Crippen LogP contribution is 1.92. The van der Waals surface area contributed by atoms with Gasteiger partial charge in [0, 0.05) is 0 Å². The summed E-state index contributed by atoms with van der Waals surface area (Å²) >= 11 is 7.90. The van der Waals surface area contributed by atoms with Crippen molar-refractivity contribution in [3.8, 4) is 0 Å². The van der Waals surface area contributed by atoms with Gasteiger partial charge in [0.15, 0.2) is 11.6 Å². The van der Waals surface area contributed by atoms with Gasteiger partial charge in [-0.3, -0.25) is 0 Å². The minimum atomic E-state index is 0.465. The molecule has 0 aliphatic heterocycles. The van der Waals surface area contributed by atoms with Crippen molar-refractivity contribution >= 4 is 25.3 Å². The number of rotatable bonds is 2. The molecule has 0 fully saturated rings. The first-order valence-electron chi connectivity index (χ1n) is 2.63. The first kappa shape index (κ1) is 7.74. The monoisotopic (exact) mass is 174 g/mol. The van der Waals surface area contributed by atoms with Gasteiger partial charge in [0.1, 0.15) is 0 Å². The Balaban J connectivity index is 2.80. The maximum Gasteiger partial charge on any atom is 0.183 e. The smallest absolute Gasteiger partial charge is 0.171 e. The Hall–Kier alpha value is -0.360. The van der Waals surface area contributed by atoms with Crippen molar-refractivity contribution in [2.75, 3.05) is 0 Å². The van der Waals surface area contributed by atoms with Crippen LogP contribution in [0.2, 0.25) is 0 Å². The molecule has 54 valence electrons. The molecular weight excluding hydrogens is 168 g/mol. The second kappa shape index (κ2) is 3.72. The number of aromatic nitrogens is 4. The molecule has 0 aliphatic carbocycles. The zero-order valence-electron chi connectivity index (χ0n) is 5.10. The second-order valence-corrected chi connectivity index (χ2v) is 2.18. The fraction of sp³-hybridized carbons (Fsp3) is 0.500. The van der Waals surface area contributed by atoms with Crippen molar-refractivity contribution in [3.63, 3.8) is 0 Å². The van der Waals surface area contributed by atoms with Crippen molar-refractivity contribution in [2.24, 2.45) is 0 Å². The Morgan fingerprint density at radius 2 is 1.10 bits per heavy atom. The quantitative estimate of drug-likeness (QED) is 0.626. The molecule has 0 aromatic carbocycles. The summed E-state index contributed by atoms with van der Waals surface area (Å²) in [5.74, 6) is 2.00. The first-order valence-corrected chi connectivity index (χ1v) is 3.90. The third-order valence-electron chi connectivity index (χ3n) is 0.845. The lowest BCUT2D eigenvalue weighted by Crippen LogP contribution is -2.01. The predicted molar refractivity (Wildman–Crippen MR) is 43.0 cm³/mol. The van der Waals surface area contributed by atoms with Crippen LogP contribution < -0.4 is 0 Å². The van der Waals surface area contributed by atoms with Gasteiger partial charge < -0.3 is 0 Å². The molecule has 0 radical (unpaired) electrons. The molecule has 1 aromatic heterocycles. The highest BCUT2D eigenvalue weighted by atomic mass is 32.1. The van der Waals surface area contributed by atoms with Gasteiger partial charge in [-0.1, -0.05) is 0 Å². The molecule has 0 unspecified atom stereocenters. The average molecular weight is 174 g/mol. The molecule has 0 atom stereocenters. The zero-order valence-corrected chi connectivity index (χ0v) is 6.89. The lowest BCUT2D eigenvalue weighted by Gasteiger charge is -1.91. The highest BCUT2D eigenvalue weighted by Gasteiger charge is 1.95. The molecule has 10 heavy (non-hydrogen) atoms. The van der Waals surface area contributed by atoms with Gasteiger partial charge in [0.2, 0.25) is 0 Å². The zero-order chi connectivity index (χ0) is 7.40. The van der Waals surface area contributed by atoms with Crippen LogP contribution >= 0.6 is 25.3 Å². The molecule has 0 N–H and O–H groups in total. The van der Waals surface area contributed by atoms with E-state index in [1.165, 1.54) is 0 Å². The van der Waals surface area contributed by atoms with Crippen LogP contribution in [0, 0.1) is 0 Å². The summed E-state index contributed by atoms with van der Waals surface area (Å²) in [7, 11) is 0. The van der Waals surface area contributed by atoms with E-state index in [1.807, 2.05) is 0 Å². The second-order valence-electron chi connectivity index (χ2n) is 1.55. The van der Waals surface area contributed by atoms with Gasteiger partial charge in [0.25, 0.3) is 0 Å². The SMILES string of the molecule is SCc1nnc(CS)nn1. The Bertz CT molecular complexity index is 176. The minimum absolute atomic E-state index is 0.465. The summed E-state index contributed by atoms with van der Waals surface area (Å²) in [6, 6.07) is 0. The molecule has 0 spiro atoms. The number of thiol groups is 2. The van der Waals surface area contributed by atoms with Crippen LogP contribution in [-0.4, -0.2) is 20.4 Å². The normalized spacial score (nSPS) is 9.80. The molecule has 0 amide bonds. The highest BCUT2D eigenvalue weighted by molar-refractivity contribution is 7.79. The average Bonchev–Trinajstić information content (AvgIpc) is 2.05. The van der Waals surface area contributed by atoms with Crippen LogP contribution in [0.4, 0.5) is 0 Å². The Morgan fingerprint density at radius 1 is 0.800 bits per heavy atom. The van der Waals surface area contributed by atoms with Gasteiger partial charge in [0.05, 0.1) is 11.5 Å². The topological polar surface area (TPSA) is 51.6 Å². The molecule has 0 saturated heterocycles. The maximum atomic E-state index is 3.95. The lowest BCUT2D eigenvalue weighted by atomic mass is 10.7. The van der Waals surface area contributed by atoms with Crippen molar-refractivity contribution in [3.05, 3.63) is 11.6 Å². The van der Waals surface area contributed by atoms with Crippen LogP contribution in [-0.2, 0) is 11.5 Å². The summed E-state index contributed by atoms with van der Waals surface area (Å²) in [5.41, 5.74) is 0. The molecule has 1 heterocycles. The van der Waals surface area contributed by atoms with E-state index in [9.17, 15) is 0 Å². The Kier molecular flexibility index (Phi) is 2.88.